The van der Waals surface area contributed by atoms with E-state index in [1.807, 2.05) is 12.3 Å². The highest BCUT2D eigenvalue weighted by Crippen LogP contribution is 2.32. The zero-order valence-corrected chi connectivity index (χ0v) is 17.7. The maximum atomic E-state index is 12.4. The lowest BCUT2D eigenvalue weighted by molar-refractivity contribution is -0.122. The molecule has 3 aromatic rings. The zero-order chi connectivity index (χ0) is 21.1. The summed E-state index contributed by atoms with van der Waals surface area (Å²) in [6, 6.07) is 10.7. The topological polar surface area (TPSA) is 96.5 Å². The molecule has 0 amide bonds. The number of aromatic amines is 1. The van der Waals surface area contributed by atoms with Crippen molar-refractivity contribution in [2.45, 2.75) is 52.6 Å². The molecule has 0 fully saturated rings. The fraction of sp³-hybridized carbons (Fsp3) is 0.435. The van der Waals surface area contributed by atoms with Crippen LogP contribution < -0.4 is 5.32 Å². The van der Waals surface area contributed by atoms with E-state index in [2.05, 4.69) is 64.1 Å². The number of pyridine rings is 1. The van der Waals surface area contributed by atoms with Crippen molar-refractivity contribution in [2.24, 2.45) is 11.8 Å². The second kappa shape index (κ2) is 8.83. The minimum Gasteiger partial charge on any atom is -0.309 e. The maximum absolute atomic E-state index is 12.4. The molecule has 1 aromatic carbocycles. The Morgan fingerprint density at radius 1 is 1.10 bits per heavy atom. The lowest BCUT2D eigenvalue weighted by atomic mass is 9.80. The van der Waals surface area contributed by atoms with Crippen LogP contribution in [-0.4, -0.2) is 31.4 Å². The van der Waals surface area contributed by atoms with Gasteiger partial charge in [-0.15, -0.1) is 5.10 Å². The molecule has 2 N–H and O–H groups in total. The van der Waals surface area contributed by atoms with Crippen LogP contribution in [-0.2, 0) is 24.3 Å². The van der Waals surface area contributed by atoms with Gasteiger partial charge in [-0.1, -0.05) is 32.0 Å². The van der Waals surface area contributed by atoms with E-state index in [1.165, 1.54) is 16.7 Å². The summed E-state index contributed by atoms with van der Waals surface area (Å²) < 4.78 is 0. The average Bonchev–Trinajstić information content (AvgIpc) is 3.42. The summed E-state index contributed by atoms with van der Waals surface area (Å²) in [6.45, 7) is 7.78. The van der Waals surface area contributed by atoms with Crippen molar-refractivity contribution in [3.8, 4) is 11.1 Å². The number of Topliss-reactive ketones (excluding diaryl/α,β-unsaturated/α-hetero) is 1. The number of hydrogen-bond acceptors (Lipinski definition) is 6. The Labute approximate surface area is 176 Å². The van der Waals surface area contributed by atoms with Gasteiger partial charge in [-0.2, -0.15) is 0 Å². The lowest BCUT2D eigenvalue weighted by Gasteiger charge is -2.24. The molecule has 3 heterocycles. The van der Waals surface area contributed by atoms with Gasteiger partial charge >= 0.3 is 0 Å². The number of benzene rings is 1. The van der Waals surface area contributed by atoms with Crippen LogP contribution in [0, 0.1) is 11.8 Å². The normalized spacial score (nSPS) is 15.2. The molecule has 7 heteroatoms. The highest BCUT2D eigenvalue weighted by Gasteiger charge is 2.31. The molecule has 0 aliphatic carbocycles. The van der Waals surface area contributed by atoms with Crippen LogP contribution in [0.5, 0.6) is 0 Å². The molecule has 7 nitrogen and oxygen atoms in total. The molecule has 2 aromatic heterocycles. The summed E-state index contributed by atoms with van der Waals surface area (Å²) in [5.74, 6) is 0.943. The van der Waals surface area contributed by atoms with E-state index in [0.717, 1.165) is 30.8 Å². The van der Waals surface area contributed by atoms with Gasteiger partial charge in [0.2, 0.25) is 0 Å². The van der Waals surface area contributed by atoms with E-state index in [4.69, 9.17) is 4.98 Å². The van der Waals surface area contributed by atoms with Gasteiger partial charge in [0.1, 0.15) is 5.78 Å². The van der Waals surface area contributed by atoms with Crippen molar-refractivity contribution >= 4 is 5.78 Å². The quantitative estimate of drug-likeness (QED) is 0.597. The Balaban J connectivity index is 1.57. The molecule has 0 saturated heterocycles. The second-order valence-electron chi connectivity index (χ2n) is 8.57. The van der Waals surface area contributed by atoms with Crippen molar-refractivity contribution in [3.63, 3.8) is 0 Å². The van der Waals surface area contributed by atoms with Crippen molar-refractivity contribution in [3.05, 3.63) is 59.2 Å². The van der Waals surface area contributed by atoms with Gasteiger partial charge in [0.25, 0.3) is 0 Å². The molecular weight excluding hydrogens is 376 g/mol. The third-order valence-corrected chi connectivity index (χ3v) is 5.87. The van der Waals surface area contributed by atoms with Gasteiger partial charge in [-0.05, 0) is 58.5 Å². The van der Waals surface area contributed by atoms with Gasteiger partial charge in [0, 0.05) is 48.8 Å². The van der Waals surface area contributed by atoms with Crippen molar-refractivity contribution in [2.75, 3.05) is 0 Å². The highest BCUT2D eigenvalue weighted by molar-refractivity contribution is 5.79. The SMILES string of the molecule is CC(=O)[C@@H](CC(C)C)[C@H](Cc1ccc(-c2ccc3c(c2)CNC3)cn1)c1nnn[nH]1. The van der Waals surface area contributed by atoms with Gasteiger partial charge in [-0.3, -0.25) is 9.78 Å². The monoisotopic (exact) mass is 404 g/mol. The number of carbonyl (C=O) groups excluding carboxylic acids is 1. The first-order chi connectivity index (χ1) is 14.5. The predicted octanol–water partition coefficient (Wildman–Crippen LogP) is 3.44. The molecule has 0 bridgehead atoms. The first kappa shape index (κ1) is 20.3. The van der Waals surface area contributed by atoms with Gasteiger partial charge in [0.05, 0.1) is 0 Å². The van der Waals surface area contributed by atoms with Gasteiger partial charge in [0.15, 0.2) is 5.82 Å². The lowest BCUT2D eigenvalue weighted by Crippen LogP contribution is -2.25. The summed E-state index contributed by atoms with van der Waals surface area (Å²) in [5.41, 5.74) is 5.92. The van der Waals surface area contributed by atoms with Crippen LogP contribution in [0.2, 0.25) is 0 Å². The number of tetrazole rings is 1. The molecule has 0 unspecified atom stereocenters. The first-order valence-electron chi connectivity index (χ1n) is 10.5. The molecule has 156 valence electrons. The number of hydrogen-bond donors (Lipinski definition) is 2. The van der Waals surface area contributed by atoms with Crippen LogP contribution in [0.25, 0.3) is 11.1 Å². The number of nitrogens with zero attached hydrogens (tertiary/aromatic N) is 4. The van der Waals surface area contributed by atoms with E-state index in [-0.39, 0.29) is 17.6 Å². The molecule has 0 radical (unpaired) electrons. The molecule has 4 rings (SSSR count). The Morgan fingerprint density at radius 3 is 2.57 bits per heavy atom. The number of nitrogens with one attached hydrogen (secondary N) is 2. The number of fused-ring (bicyclic) bond motifs is 1. The fourth-order valence-electron chi connectivity index (χ4n) is 4.29. The van der Waals surface area contributed by atoms with E-state index in [0.29, 0.717) is 18.2 Å². The Bertz CT molecular complexity index is 997. The summed E-state index contributed by atoms with van der Waals surface area (Å²) >= 11 is 0. The van der Waals surface area contributed by atoms with Crippen molar-refractivity contribution in [1.82, 2.24) is 30.9 Å². The predicted molar refractivity (Wildman–Crippen MR) is 114 cm³/mol. The van der Waals surface area contributed by atoms with Crippen LogP contribution in [0.3, 0.4) is 0 Å². The smallest absolute Gasteiger partial charge is 0.152 e. The Kier molecular flexibility index (Phi) is 5.99. The average molecular weight is 405 g/mol. The number of ketones is 1. The van der Waals surface area contributed by atoms with E-state index in [9.17, 15) is 4.79 Å². The van der Waals surface area contributed by atoms with E-state index in [1.54, 1.807) is 6.92 Å². The third-order valence-electron chi connectivity index (χ3n) is 5.87. The molecule has 2 atom stereocenters. The number of carbonyl (C=O) groups is 1. The standard InChI is InChI=1S/C23H28N6O/c1-14(2)8-21(15(3)30)22(23-26-28-29-27-23)10-20-7-6-18(13-25-20)16-4-5-17-11-24-12-19(17)9-16/h4-7,9,13-14,21-22,24H,8,10-12H2,1-3H3,(H,26,27,28,29)/t21-,22+/m1/s1. The fourth-order valence-corrected chi connectivity index (χ4v) is 4.29. The molecular formula is C23H28N6O. The van der Waals surface area contributed by atoms with Crippen LogP contribution in [0.15, 0.2) is 36.5 Å². The van der Waals surface area contributed by atoms with Crippen LogP contribution in [0.1, 0.15) is 55.8 Å². The number of H-pyrrole nitrogens is 1. The molecule has 30 heavy (non-hydrogen) atoms. The number of rotatable bonds is 8. The first-order valence-corrected chi connectivity index (χ1v) is 10.5. The maximum Gasteiger partial charge on any atom is 0.152 e. The van der Waals surface area contributed by atoms with Gasteiger partial charge < -0.3 is 5.32 Å². The molecule has 0 saturated carbocycles. The second-order valence-corrected chi connectivity index (χ2v) is 8.57. The minimum absolute atomic E-state index is 0.121. The summed E-state index contributed by atoms with van der Waals surface area (Å²) in [6.07, 6.45) is 3.32. The number of aromatic nitrogens is 5. The van der Waals surface area contributed by atoms with Crippen molar-refractivity contribution < 1.29 is 4.79 Å². The van der Waals surface area contributed by atoms with E-state index >= 15 is 0 Å². The Morgan fingerprint density at radius 2 is 1.90 bits per heavy atom. The van der Waals surface area contributed by atoms with Gasteiger partial charge in [-0.25, -0.2) is 5.10 Å². The third kappa shape index (κ3) is 4.46. The Hall–Kier alpha value is -2.93. The summed E-state index contributed by atoms with van der Waals surface area (Å²) in [7, 11) is 0. The largest absolute Gasteiger partial charge is 0.309 e. The molecule has 1 aliphatic rings. The zero-order valence-electron chi connectivity index (χ0n) is 17.7. The van der Waals surface area contributed by atoms with Crippen molar-refractivity contribution in [1.29, 1.82) is 0 Å². The van der Waals surface area contributed by atoms with E-state index < -0.39 is 0 Å². The summed E-state index contributed by atoms with van der Waals surface area (Å²) in [4.78, 5) is 17.1. The summed E-state index contributed by atoms with van der Waals surface area (Å²) in [5, 5.41) is 17.8. The van der Waals surface area contributed by atoms with Crippen LogP contribution >= 0.6 is 0 Å². The van der Waals surface area contributed by atoms with Crippen LogP contribution in [0.4, 0.5) is 0 Å². The molecule has 0 spiro atoms. The highest BCUT2D eigenvalue weighted by atomic mass is 16.1. The minimum atomic E-state index is -0.148. The molecule has 1 aliphatic heterocycles.